The Labute approximate surface area is 152 Å². The molecule has 0 radical (unpaired) electrons. The highest BCUT2D eigenvalue weighted by molar-refractivity contribution is 6.21. The van der Waals surface area contributed by atoms with Crippen molar-refractivity contribution in [1.29, 1.82) is 0 Å². The summed E-state index contributed by atoms with van der Waals surface area (Å²) in [5.41, 5.74) is 0.138. The van der Waals surface area contributed by atoms with Gasteiger partial charge in [-0.2, -0.15) is 0 Å². The first-order valence-corrected chi connectivity index (χ1v) is 8.44. The van der Waals surface area contributed by atoms with Gasteiger partial charge in [0.05, 0.1) is 23.8 Å². The first-order chi connectivity index (χ1) is 12.2. The van der Waals surface area contributed by atoms with Crippen LogP contribution in [0.2, 0.25) is 0 Å². The van der Waals surface area contributed by atoms with E-state index in [1.165, 1.54) is 0 Å². The number of alkyl carbamates (subject to hydrolysis) is 1. The average molecular weight is 360 g/mol. The lowest BCUT2D eigenvalue weighted by Crippen LogP contribution is -2.41. The van der Waals surface area contributed by atoms with Crippen molar-refractivity contribution in [3.05, 3.63) is 47.5 Å². The molecule has 2 rings (SSSR count). The number of rotatable bonds is 6. The fraction of sp³-hybridized carbons (Fsp3) is 0.421. The van der Waals surface area contributed by atoms with E-state index in [2.05, 4.69) is 5.32 Å². The Hall–Kier alpha value is -2.67. The van der Waals surface area contributed by atoms with E-state index in [4.69, 9.17) is 4.74 Å². The van der Waals surface area contributed by atoms with Crippen LogP contribution in [0.15, 0.2) is 36.4 Å². The summed E-state index contributed by atoms with van der Waals surface area (Å²) >= 11 is 0. The highest BCUT2D eigenvalue weighted by Crippen LogP contribution is 2.25. The van der Waals surface area contributed by atoms with Gasteiger partial charge in [-0.1, -0.05) is 24.3 Å². The number of nitrogens with one attached hydrogen (secondary N) is 1. The monoisotopic (exact) mass is 360 g/mol. The number of carbonyl (C=O) groups excluding carboxylic acids is 3. The molecule has 0 saturated heterocycles. The van der Waals surface area contributed by atoms with Crippen LogP contribution < -0.4 is 5.32 Å². The van der Waals surface area contributed by atoms with E-state index >= 15 is 0 Å². The van der Waals surface area contributed by atoms with Gasteiger partial charge in [0.15, 0.2) is 0 Å². The standard InChI is InChI=1S/C19H24N2O5/c1-19(2,3)26-18(25)20-11-7-6-8-13(12-22)21-16(23)14-9-4-5-10-15(14)17(21)24/h4-7,9-10,13,22H,8,11-12H2,1-3H3,(H,20,25). The van der Waals surface area contributed by atoms with Gasteiger partial charge in [-0.3, -0.25) is 14.5 Å². The predicted octanol–water partition coefficient (Wildman–Crippen LogP) is 2.11. The van der Waals surface area contributed by atoms with Crippen molar-refractivity contribution in [2.24, 2.45) is 0 Å². The largest absolute Gasteiger partial charge is 0.444 e. The second kappa shape index (κ2) is 8.14. The number of ether oxygens (including phenoxy) is 1. The summed E-state index contributed by atoms with van der Waals surface area (Å²) in [5.74, 6) is -0.796. The van der Waals surface area contributed by atoms with Crippen molar-refractivity contribution >= 4 is 17.9 Å². The SMILES string of the molecule is CC(C)(C)OC(=O)NCC=CCC(CO)N1C(=O)c2ccccc2C1=O. The molecule has 0 aromatic heterocycles. The van der Waals surface area contributed by atoms with Gasteiger partial charge in [0.1, 0.15) is 5.60 Å². The quantitative estimate of drug-likeness (QED) is 0.598. The molecule has 1 unspecified atom stereocenters. The molecule has 140 valence electrons. The number of carbonyl (C=O) groups is 3. The Bertz CT molecular complexity index is 686. The van der Waals surface area contributed by atoms with Crippen molar-refractivity contribution in [3.8, 4) is 0 Å². The maximum atomic E-state index is 12.4. The fourth-order valence-electron chi connectivity index (χ4n) is 2.59. The van der Waals surface area contributed by atoms with Crippen molar-refractivity contribution < 1.29 is 24.2 Å². The maximum absolute atomic E-state index is 12.4. The van der Waals surface area contributed by atoms with Gasteiger partial charge in [-0.15, -0.1) is 0 Å². The highest BCUT2D eigenvalue weighted by atomic mass is 16.6. The Balaban J connectivity index is 1.90. The zero-order valence-corrected chi connectivity index (χ0v) is 15.2. The number of hydrogen-bond acceptors (Lipinski definition) is 5. The predicted molar refractivity (Wildman–Crippen MR) is 95.8 cm³/mol. The number of hydrogen-bond donors (Lipinski definition) is 2. The molecule has 0 bridgehead atoms. The van der Waals surface area contributed by atoms with Gasteiger partial charge < -0.3 is 15.2 Å². The van der Waals surface area contributed by atoms with Crippen LogP contribution in [0.3, 0.4) is 0 Å². The van der Waals surface area contributed by atoms with Gasteiger partial charge in [-0.25, -0.2) is 4.79 Å². The van der Waals surface area contributed by atoms with E-state index in [0.29, 0.717) is 11.1 Å². The lowest BCUT2D eigenvalue weighted by Gasteiger charge is -2.23. The minimum Gasteiger partial charge on any atom is -0.444 e. The van der Waals surface area contributed by atoms with Crippen LogP contribution >= 0.6 is 0 Å². The molecule has 0 aliphatic carbocycles. The Morgan fingerprint density at radius 1 is 1.19 bits per heavy atom. The molecular formula is C19H24N2O5. The molecular weight excluding hydrogens is 336 g/mol. The average Bonchev–Trinajstić information content (AvgIpc) is 2.82. The first kappa shape index (κ1) is 19.7. The molecule has 0 fully saturated rings. The van der Waals surface area contributed by atoms with Crippen LogP contribution in [0.4, 0.5) is 4.79 Å². The van der Waals surface area contributed by atoms with Crippen molar-refractivity contribution in [1.82, 2.24) is 10.2 Å². The lowest BCUT2D eigenvalue weighted by molar-refractivity contribution is 0.0515. The highest BCUT2D eigenvalue weighted by Gasteiger charge is 2.38. The van der Waals surface area contributed by atoms with Crippen LogP contribution in [-0.4, -0.2) is 52.7 Å². The molecule has 3 amide bonds. The van der Waals surface area contributed by atoms with Gasteiger partial charge >= 0.3 is 6.09 Å². The molecule has 2 N–H and O–H groups in total. The summed E-state index contributed by atoms with van der Waals surface area (Å²) in [4.78, 5) is 37.5. The van der Waals surface area contributed by atoms with Crippen LogP contribution in [-0.2, 0) is 4.74 Å². The number of imide groups is 1. The summed E-state index contributed by atoms with van der Waals surface area (Å²) in [6, 6.07) is 5.95. The number of aliphatic hydroxyl groups is 1. The van der Waals surface area contributed by atoms with E-state index in [1.54, 1.807) is 57.2 Å². The van der Waals surface area contributed by atoms with Crippen molar-refractivity contribution in [2.75, 3.05) is 13.2 Å². The zero-order chi connectivity index (χ0) is 19.3. The smallest absolute Gasteiger partial charge is 0.407 e. The third-order valence-electron chi connectivity index (χ3n) is 3.74. The molecule has 1 aromatic rings. The number of fused-ring (bicyclic) bond motifs is 1. The first-order valence-electron chi connectivity index (χ1n) is 8.44. The molecule has 0 spiro atoms. The van der Waals surface area contributed by atoms with E-state index in [0.717, 1.165) is 4.90 Å². The van der Waals surface area contributed by atoms with Crippen LogP contribution in [0.25, 0.3) is 0 Å². The van der Waals surface area contributed by atoms with Crippen molar-refractivity contribution in [2.45, 2.75) is 38.8 Å². The van der Waals surface area contributed by atoms with E-state index in [-0.39, 0.29) is 19.6 Å². The summed E-state index contributed by atoms with van der Waals surface area (Å²) in [7, 11) is 0. The second-order valence-corrected chi connectivity index (χ2v) is 6.95. The summed E-state index contributed by atoms with van der Waals surface area (Å²) in [5, 5.41) is 12.2. The molecule has 26 heavy (non-hydrogen) atoms. The van der Waals surface area contributed by atoms with Crippen LogP contribution in [0, 0.1) is 0 Å². The third kappa shape index (κ3) is 4.70. The molecule has 1 heterocycles. The van der Waals surface area contributed by atoms with Crippen LogP contribution in [0.5, 0.6) is 0 Å². The van der Waals surface area contributed by atoms with E-state index < -0.39 is 29.6 Å². The molecule has 1 aliphatic heterocycles. The summed E-state index contributed by atoms with van der Waals surface area (Å²) in [6.45, 7) is 5.23. The number of aliphatic hydroxyl groups excluding tert-OH is 1. The molecule has 1 aliphatic rings. The van der Waals surface area contributed by atoms with Crippen molar-refractivity contribution in [3.63, 3.8) is 0 Å². The Morgan fingerprint density at radius 2 is 1.77 bits per heavy atom. The Kier molecular flexibility index (Phi) is 6.15. The normalized spacial score (nSPS) is 15.3. The second-order valence-electron chi connectivity index (χ2n) is 6.95. The number of nitrogens with zero attached hydrogens (tertiary/aromatic N) is 1. The third-order valence-corrected chi connectivity index (χ3v) is 3.74. The molecule has 7 nitrogen and oxygen atoms in total. The van der Waals surface area contributed by atoms with Gasteiger partial charge in [-0.05, 0) is 39.3 Å². The van der Waals surface area contributed by atoms with Crippen LogP contribution in [0.1, 0.15) is 47.9 Å². The fourth-order valence-corrected chi connectivity index (χ4v) is 2.59. The van der Waals surface area contributed by atoms with Gasteiger partial charge in [0.2, 0.25) is 0 Å². The molecule has 1 atom stereocenters. The topological polar surface area (TPSA) is 95.9 Å². The van der Waals surface area contributed by atoms with Gasteiger partial charge in [0.25, 0.3) is 11.8 Å². The minimum atomic E-state index is -0.653. The maximum Gasteiger partial charge on any atom is 0.407 e. The molecule has 1 aromatic carbocycles. The van der Waals surface area contributed by atoms with E-state index in [1.807, 2.05) is 0 Å². The number of benzene rings is 1. The summed E-state index contributed by atoms with van der Waals surface area (Å²) < 4.78 is 5.11. The zero-order valence-electron chi connectivity index (χ0n) is 15.2. The number of amides is 3. The molecule has 7 heteroatoms. The lowest BCUT2D eigenvalue weighted by atomic mass is 10.1. The Morgan fingerprint density at radius 3 is 2.27 bits per heavy atom. The summed E-state index contributed by atoms with van der Waals surface area (Å²) in [6.07, 6.45) is 3.16. The van der Waals surface area contributed by atoms with Gasteiger partial charge in [0, 0.05) is 6.54 Å². The minimum absolute atomic E-state index is 0.245. The van der Waals surface area contributed by atoms with E-state index in [9.17, 15) is 19.5 Å². The molecule has 0 saturated carbocycles.